The molecule has 3 rings (SSSR count). The van der Waals surface area contributed by atoms with Crippen molar-refractivity contribution in [1.29, 1.82) is 0 Å². The maximum atomic E-state index is 12.4. The number of rotatable bonds is 5. The third kappa shape index (κ3) is 4.91. The lowest BCUT2D eigenvalue weighted by Crippen LogP contribution is -2.29. The molecule has 1 aromatic heterocycles. The Kier molecular flexibility index (Phi) is 8.29. The van der Waals surface area contributed by atoms with Gasteiger partial charge in [0, 0.05) is 13.1 Å². The molecule has 2 aromatic rings. The quantitative estimate of drug-likeness (QED) is 0.808. The first kappa shape index (κ1) is 21.4. The number of amides is 1. The van der Waals surface area contributed by atoms with Gasteiger partial charge in [-0.1, -0.05) is 25.0 Å². The highest BCUT2D eigenvalue weighted by molar-refractivity contribution is 6.05. The van der Waals surface area contributed by atoms with E-state index in [-0.39, 0.29) is 37.3 Å². The third-order valence-electron chi connectivity index (χ3n) is 4.52. The Labute approximate surface area is 160 Å². The molecule has 3 N–H and O–H groups in total. The minimum Gasteiger partial charge on any atom is -0.467 e. The van der Waals surface area contributed by atoms with Crippen LogP contribution in [0.1, 0.15) is 41.8 Å². The summed E-state index contributed by atoms with van der Waals surface area (Å²) in [5.41, 5.74) is 7.88. The van der Waals surface area contributed by atoms with Crippen LogP contribution >= 0.6 is 24.8 Å². The molecular weight excluding hydrogens is 361 g/mol. The molecule has 1 saturated carbocycles. The first-order chi connectivity index (χ1) is 11.2. The van der Waals surface area contributed by atoms with Gasteiger partial charge in [-0.05, 0) is 31.0 Å². The highest BCUT2D eigenvalue weighted by Crippen LogP contribution is 2.32. The second kappa shape index (κ2) is 9.70. The Bertz CT molecular complexity index is 684. The predicted octanol–water partition coefficient (Wildman–Crippen LogP) is 4.21. The molecule has 1 fully saturated rings. The standard InChI is InChI=1S/C18H23N3O2.2ClH/c1-21(14-6-2-3-7-14)17-9-5-4-8-16(17)20-18(22)13-10-15(11-19)23-12-13;;/h4-5,8-10,12,14H,2-3,6-7,11,19H2,1H3,(H,20,22);2*1H. The van der Waals surface area contributed by atoms with Crippen LogP contribution in [0, 0.1) is 0 Å². The Morgan fingerprint density at radius 2 is 1.96 bits per heavy atom. The molecule has 0 atom stereocenters. The predicted molar refractivity (Wildman–Crippen MR) is 106 cm³/mol. The van der Waals surface area contributed by atoms with Crippen LogP contribution in [0.3, 0.4) is 0 Å². The van der Waals surface area contributed by atoms with Gasteiger partial charge >= 0.3 is 0 Å². The number of hydrogen-bond acceptors (Lipinski definition) is 4. The van der Waals surface area contributed by atoms with E-state index in [1.165, 1.54) is 31.9 Å². The van der Waals surface area contributed by atoms with E-state index >= 15 is 0 Å². The molecule has 0 radical (unpaired) electrons. The van der Waals surface area contributed by atoms with E-state index in [2.05, 4.69) is 23.3 Å². The topological polar surface area (TPSA) is 71.5 Å². The summed E-state index contributed by atoms with van der Waals surface area (Å²) in [6, 6.07) is 10.1. The minimum atomic E-state index is -0.180. The molecule has 5 nitrogen and oxygen atoms in total. The van der Waals surface area contributed by atoms with Crippen LogP contribution < -0.4 is 16.0 Å². The van der Waals surface area contributed by atoms with Gasteiger partial charge in [-0.25, -0.2) is 0 Å². The van der Waals surface area contributed by atoms with Crippen molar-refractivity contribution < 1.29 is 9.21 Å². The molecule has 0 spiro atoms. The molecule has 138 valence electrons. The molecule has 0 saturated heterocycles. The molecular formula is C18H25Cl2N3O2. The van der Waals surface area contributed by atoms with E-state index < -0.39 is 0 Å². The average Bonchev–Trinajstić information content (AvgIpc) is 3.26. The van der Waals surface area contributed by atoms with Crippen LogP contribution in [0.2, 0.25) is 0 Å². The Hall–Kier alpha value is -1.69. The third-order valence-corrected chi connectivity index (χ3v) is 4.52. The lowest BCUT2D eigenvalue weighted by atomic mass is 10.1. The fraction of sp³-hybridized carbons (Fsp3) is 0.389. The van der Waals surface area contributed by atoms with Crippen molar-refractivity contribution in [1.82, 2.24) is 0 Å². The zero-order valence-electron chi connectivity index (χ0n) is 14.2. The van der Waals surface area contributed by atoms with E-state index in [9.17, 15) is 4.79 Å². The monoisotopic (exact) mass is 385 g/mol. The summed E-state index contributed by atoms with van der Waals surface area (Å²) in [6.07, 6.45) is 6.42. The number of para-hydroxylation sites is 2. The van der Waals surface area contributed by atoms with Crippen LogP contribution in [0.5, 0.6) is 0 Å². The second-order valence-electron chi connectivity index (χ2n) is 6.03. The number of nitrogens with one attached hydrogen (secondary N) is 1. The van der Waals surface area contributed by atoms with Crippen LogP contribution in [-0.4, -0.2) is 19.0 Å². The van der Waals surface area contributed by atoms with Gasteiger partial charge in [0.15, 0.2) is 0 Å². The van der Waals surface area contributed by atoms with E-state index in [0.717, 1.165) is 11.4 Å². The molecule has 1 heterocycles. The molecule has 1 aromatic carbocycles. The SMILES string of the molecule is CN(c1ccccc1NC(=O)c1coc(CN)c1)C1CCCC1.Cl.Cl. The lowest BCUT2D eigenvalue weighted by molar-refractivity contribution is 0.102. The fourth-order valence-electron chi connectivity index (χ4n) is 3.18. The lowest BCUT2D eigenvalue weighted by Gasteiger charge is -2.28. The summed E-state index contributed by atoms with van der Waals surface area (Å²) in [6.45, 7) is 0.286. The number of carbonyl (C=O) groups is 1. The molecule has 1 aliphatic carbocycles. The van der Waals surface area contributed by atoms with E-state index in [1.807, 2.05) is 18.2 Å². The van der Waals surface area contributed by atoms with Crippen LogP contribution in [0.15, 0.2) is 41.0 Å². The van der Waals surface area contributed by atoms with Gasteiger partial charge in [-0.2, -0.15) is 0 Å². The first-order valence-corrected chi connectivity index (χ1v) is 8.09. The van der Waals surface area contributed by atoms with Crippen LogP contribution in [-0.2, 0) is 6.54 Å². The van der Waals surface area contributed by atoms with Gasteiger partial charge in [-0.15, -0.1) is 24.8 Å². The number of carbonyl (C=O) groups excluding carboxylic acids is 1. The van der Waals surface area contributed by atoms with E-state index in [1.54, 1.807) is 6.07 Å². The average molecular weight is 386 g/mol. The smallest absolute Gasteiger partial charge is 0.258 e. The van der Waals surface area contributed by atoms with Gasteiger partial charge in [0.05, 0.1) is 23.5 Å². The zero-order valence-corrected chi connectivity index (χ0v) is 15.9. The Morgan fingerprint density at radius 1 is 1.28 bits per heavy atom. The van der Waals surface area contributed by atoms with Gasteiger partial charge in [0.25, 0.3) is 5.91 Å². The molecule has 1 amide bonds. The number of hydrogen-bond donors (Lipinski definition) is 2. The normalized spacial score (nSPS) is 13.7. The molecule has 0 aliphatic heterocycles. The number of nitrogens with two attached hydrogens (primary N) is 1. The maximum absolute atomic E-state index is 12.4. The van der Waals surface area contributed by atoms with Crippen LogP contribution in [0.4, 0.5) is 11.4 Å². The van der Waals surface area contributed by atoms with Crippen molar-refractivity contribution in [3.8, 4) is 0 Å². The maximum Gasteiger partial charge on any atom is 0.258 e. The number of nitrogens with zero attached hydrogens (tertiary/aromatic N) is 1. The van der Waals surface area contributed by atoms with Gasteiger partial charge in [0.1, 0.15) is 12.0 Å². The zero-order chi connectivity index (χ0) is 16.2. The summed E-state index contributed by atoms with van der Waals surface area (Å²) in [4.78, 5) is 14.7. The molecule has 0 unspecified atom stereocenters. The Balaban J connectivity index is 0.00000156. The summed E-state index contributed by atoms with van der Waals surface area (Å²) in [5.74, 6) is 0.423. The number of furan rings is 1. The fourth-order valence-corrected chi connectivity index (χ4v) is 3.18. The summed E-state index contributed by atoms with van der Waals surface area (Å²) < 4.78 is 5.24. The van der Waals surface area contributed by atoms with Crippen molar-refractivity contribution in [2.45, 2.75) is 38.3 Å². The summed E-state index contributed by atoms with van der Waals surface area (Å²) in [5, 5.41) is 2.99. The highest BCUT2D eigenvalue weighted by atomic mass is 35.5. The summed E-state index contributed by atoms with van der Waals surface area (Å²) >= 11 is 0. The van der Waals surface area contributed by atoms with Gasteiger partial charge in [-0.3, -0.25) is 4.79 Å². The van der Waals surface area contributed by atoms with E-state index in [0.29, 0.717) is 17.4 Å². The Morgan fingerprint density at radius 3 is 2.60 bits per heavy atom. The first-order valence-electron chi connectivity index (χ1n) is 8.09. The molecule has 0 bridgehead atoms. The largest absolute Gasteiger partial charge is 0.467 e. The molecule has 7 heteroatoms. The van der Waals surface area contributed by atoms with E-state index in [4.69, 9.17) is 10.2 Å². The molecule has 1 aliphatic rings. The van der Waals surface area contributed by atoms with Gasteiger partial charge in [0.2, 0.25) is 0 Å². The van der Waals surface area contributed by atoms with Crippen molar-refractivity contribution in [2.24, 2.45) is 5.73 Å². The van der Waals surface area contributed by atoms with Crippen molar-refractivity contribution in [3.63, 3.8) is 0 Å². The van der Waals surface area contributed by atoms with Crippen molar-refractivity contribution in [2.75, 3.05) is 17.3 Å². The van der Waals surface area contributed by atoms with Crippen molar-refractivity contribution in [3.05, 3.63) is 47.9 Å². The molecule has 25 heavy (non-hydrogen) atoms. The highest BCUT2D eigenvalue weighted by Gasteiger charge is 2.22. The second-order valence-corrected chi connectivity index (χ2v) is 6.03. The number of anilines is 2. The van der Waals surface area contributed by atoms with Crippen molar-refractivity contribution >= 4 is 42.1 Å². The minimum absolute atomic E-state index is 0. The van der Waals surface area contributed by atoms with Gasteiger partial charge < -0.3 is 20.4 Å². The summed E-state index contributed by atoms with van der Waals surface area (Å²) in [7, 11) is 2.10. The van der Waals surface area contributed by atoms with Crippen LogP contribution in [0.25, 0.3) is 0 Å². The number of benzene rings is 1. The number of halogens is 2.